The van der Waals surface area contributed by atoms with E-state index < -0.39 is 20.2 Å². The topological polar surface area (TPSA) is 194 Å². The first-order valence-electron chi connectivity index (χ1n) is 22.5. The molecule has 2 saturated heterocycles. The number of fused-ring (bicyclic) bond motifs is 2. The maximum absolute atomic E-state index is 12.9. The van der Waals surface area contributed by atoms with Gasteiger partial charge in [0.25, 0.3) is 0 Å². The van der Waals surface area contributed by atoms with E-state index in [1.54, 1.807) is 38.2 Å². The molecule has 4 aromatic carbocycles. The van der Waals surface area contributed by atoms with Crippen molar-refractivity contribution in [2.24, 2.45) is 23.7 Å². The quantitative estimate of drug-likeness (QED) is 0.193. The summed E-state index contributed by atoms with van der Waals surface area (Å²) in [7, 11) is -1.31. The minimum Gasteiger partial charge on any atom is -0.748 e. The minimum absolute atomic E-state index is 0.118. The number of likely N-dealkylation sites (tertiary alicyclic amines) is 2. The van der Waals surface area contributed by atoms with Crippen LogP contribution < -0.4 is 28.7 Å². The van der Waals surface area contributed by atoms with E-state index in [2.05, 4.69) is 60.7 Å². The maximum Gasteiger partial charge on any atom is 0.166 e. The van der Waals surface area contributed by atoms with Gasteiger partial charge in [-0.3, -0.25) is 9.59 Å². The number of Topliss-reactive ketones (excluding diaryl/α,β-unsaturated/α-hetero) is 2. The minimum atomic E-state index is -3.92. The third kappa shape index (κ3) is 16.2. The number of carbonyl (C=O) groups excluding carboxylic acids is 2. The fraction of sp³-hybridized carbons (Fsp3) is 0.480. The van der Waals surface area contributed by atoms with Crippen LogP contribution >= 0.6 is 0 Å². The number of rotatable bonds is 12. The van der Waals surface area contributed by atoms with Gasteiger partial charge in [0.1, 0.15) is 13.1 Å². The number of benzene rings is 4. The summed E-state index contributed by atoms with van der Waals surface area (Å²) >= 11 is 0. The van der Waals surface area contributed by atoms with Gasteiger partial charge >= 0.3 is 0 Å². The van der Waals surface area contributed by atoms with Crippen molar-refractivity contribution in [2.75, 3.05) is 67.1 Å². The lowest BCUT2D eigenvalue weighted by Crippen LogP contribution is -3.11. The van der Waals surface area contributed by atoms with Crippen molar-refractivity contribution in [2.45, 2.75) is 64.5 Å². The predicted molar refractivity (Wildman–Crippen MR) is 250 cm³/mol. The molecule has 2 fully saturated rings. The summed E-state index contributed by atoms with van der Waals surface area (Å²) in [4.78, 5) is 29.2. The van der Waals surface area contributed by atoms with E-state index in [0.717, 1.165) is 61.0 Å². The molecule has 0 spiro atoms. The first-order chi connectivity index (χ1) is 31.3. The van der Waals surface area contributed by atoms with Crippen LogP contribution in [0.5, 0.6) is 23.0 Å². The number of piperidine rings is 2. The fourth-order valence-electron chi connectivity index (χ4n) is 9.75. The zero-order valence-electron chi connectivity index (χ0n) is 39.0. The van der Waals surface area contributed by atoms with Gasteiger partial charge in [-0.1, -0.05) is 60.7 Å². The van der Waals surface area contributed by atoms with Gasteiger partial charge in [-0.2, -0.15) is 0 Å². The molecule has 8 rings (SSSR count). The lowest BCUT2D eigenvalue weighted by atomic mass is 9.85. The van der Waals surface area contributed by atoms with Gasteiger partial charge in [0.05, 0.1) is 74.9 Å². The van der Waals surface area contributed by atoms with Crippen molar-refractivity contribution in [3.63, 3.8) is 0 Å². The molecule has 66 heavy (non-hydrogen) atoms. The van der Waals surface area contributed by atoms with Crippen molar-refractivity contribution >= 4 is 31.8 Å². The van der Waals surface area contributed by atoms with Crippen molar-refractivity contribution in [1.82, 2.24) is 0 Å². The molecule has 2 N–H and O–H groups in total. The SMILES string of the molecule is COc1cc2c(cc1OC)C(=O)[C@@H](CC1CC[NH+](Cc3ccccc3)CC1)C2.COc1cc2c(cc1OC)C(=O)[C@H](CC1CC[NH+](Cc3ccccc3)CC1)C2.CS(=O)(=O)[O-].CS(=O)(=O)[O-]. The van der Waals surface area contributed by atoms with E-state index in [1.807, 2.05) is 24.3 Å². The van der Waals surface area contributed by atoms with E-state index in [4.69, 9.17) is 44.9 Å². The molecule has 16 heteroatoms. The number of methoxy groups -OCH3 is 4. The highest BCUT2D eigenvalue weighted by Crippen LogP contribution is 2.40. The van der Waals surface area contributed by atoms with Crippen LogP contribution in [0.1, 0.15) is 81.5 Å². The van der Waals surface area contributed by atoms with Gasteiger partial charge in [-0.05, 0) is 98.6 Å². The monoisotopic (exact) mass is 950 g/mol. The van der Waals surface area contributed by atoms with Crippen LogP contribution in [-0.2, 0) is 46.2 Å². The molecule has 0 bridgehead atoms. The van der Waals surface area contributed by atoms with E-state index in [1.165, 1.54) is 63.0 Å². The number of carbonyl (C=O) groups is 2. The van der Waals surface area contributed by atoms with Crippen LogP contribution in [0, 0.1) is 23.7 Å². The number of quaternary nitrogens is 2. The summed E-state index contributed by atoms with van der Waals surface area (Å²) < 4.78 is 76.0. The lowest BCUT2D eigenvalue weighted by molar-refractivity contribution is -0.919. The van der Waals surface area contributed by atoms with E-state index in [0.29, 0.717) is 47.3 Å². The number of hydrogen-bond acceptors (Lipinski definition) is 12. The molecule has 14 nitrogen and oxygen atoms in total. The Kier molecular flexibility index (Phi) is 19.2. The molecule has 0 aromatic heterocycles. The Hall–Kier alpha value is -4.84. The van der Waals surface area contributed by atoms with Gasteiger partial charge in [0.15, 0.2) is 34.6 Å². The lowest BCUT2D eigenvalue weighted by Gasteiger charge is -2.30. The molecule has 4 aliphatic rings. The highest BCUT2D eigenvalue weighted by atomic mass is 32.2. The zero-order valence-corrected chi connectivity index (χ0v) is 40.6. The number of nitrogens with one attached hydrogen (secondary N) is 2. The summed E-state index contributed by atoms with van der Waals surface area (Å²) in [6.07, 6.45) is 9.78. The number of ether oxygens (including phenoxy) is 4. The first kappa shape index (κ1) is 52.1. The number of hydrogen-bond donors (Lipinski definition) is 2. The smallest absolute Gasteiger partial charge is 0.166 e. The second-order valence-electron chi connectivity index (χ2n) is 17.9. The van der Waals surface area contributed by atoms with Gasteiger partial charge in [0.2, 0.25) is 0 Å². The van der Waals surface area contributed by atoms with Crippen molar-refractivity contribution in [1.29, 1.82) is 0 Å². The molecular formula is C50H66N2O12S2. The Balaban J connectivity index is 0.000000206. The van der Waals surface area contributed by atoms with Crippen molar-refractivity contribution < 1.29 is 64.3 Å². The highest BCUT2D eigenvalue weighted by Gasteiger charge is 2.36. The molecule has 0 saturated carbocycles. The molecule has 0 radical (unpaired) electrons. The van der Waals surface area contributed by atoms with Crippen LogP contribution in [0.15, 0.2) is 84.9 Å². The van der Waals surface area contributed by atoms with Gasteiger partial charge < -0.3 is 37.9 Å². The average Bonchev–Trinajstić information content (AvgIpc) is 3.75. The Morgan fingerprint density at radius 1 is 0.515 bits per heavy atom. The average molecular weight is 951 g/mol. The second-order valence-corrected chi connectivity index (χ2v) is 20.7. The fourth-order valence-corrected chi connectivity index (χ4v) is 9.75. The summed E-state index contributed by atoms with van der Waals surface area (Å²) in [6.45, 7) is 7.04. The largest absolute Gasteiger partial charge is 0.748 e. The summed E-state index contributed by atoms with van der Waals surface area (Å²) in [5.74, 6) is 4.85. The molecule has 2 aliphatic carbocycles. The first-order valence-corrected chi connectivity index (χ1v) is 26.1. The summed E-state index contributed by atoms with van der Waals surface area (Å²) in [5.41, 5.74) is 6.71. The standard InChI is InChI=1S/2C24H29NO3.2CH4O3S/c2*1-27-22-14-19-13-20(24(26)21(19)15-23(22)28-2)12-17-8-10-25(11-9-17)16-18-6-4-3-5-7-18;2*1-5(2,3)4/h2*3-7,14-15,17,20H,8-13,16H2,1-2H3;2*1H3,(H,2,3,4)/t2*20-;;/m10../s1. The molecule has 0 unspecified atom stereocenters. The molecule has 2 aliphatic heterocycles. The zero-order chi connectivity index (χ0) is 48.0. The van der Waals surface area contributed by atoms with E-state index in [9.17, 15) is 9.59 Å². The van der Waals surface area contributed by atoms with Gasteiger partial charge in [-0.25, -0.2) is 16.8 Å². The Morgan fingerprint density at radius 2 is 0.803 bits per heavy atom. The molecule has 2 atom stereocenters. The molecule has 0 amide bonds. The normalized spacial score (nSPS) is 22.2. The molecule has 360 valence electrons. The molecule has 2 heterocycles. The molecular weight excluding hydrogens is 885 g/mol. The van der Waals surface area contributed by atoms with Crippen molar-refractivity contribution in [3.05, 3.63) is 118 Å². The highest BCUT2D eigenvalue weighted by molar-refractivity contribution is 7.85. The number of ketones is 2. The van der Waals surface area contributed by atoms with Crippen LogP contribution in [-0.4, -0.2) is 105 Å². The molecule has 4 aromatic rings. The maximum atomic E-state index is 12.9. The summed E-state index contributed by atoms with van der Waals surface area (Å²) in [5, 5.41) is 0. The predicted octanol–water partition coefficient (Wildman–Crippen LogP) is 4.21. The second kappa shape index (κ2) is 24.3. The third-order valence-corrected chi connectivity index (χ3v) is 12.9. The van der Waals surface area contributed by atoms with E-state index in [-0.39, 0.29) is 23.4 Å². The Bertz CT molecular complexity index is 2250. The van der Waals surface area contributed by atoms with Crippen LogP contribution in [0.25, 0.3) is 0 Å². The summed E-state index contributed by atoms with van der Waals surface area (Å²) in [6, 6.07) is 29.2. The van der Waals surface area contributed by atoms with E-state index >= 15 is 0 Å². The Morgan fingerprint density at radius 3 is 1.09 bits per heavy atom. The van der Waals surface area contributed by atoms with Crippen LogP contribution in [0.4, 0.5) is 0 Å². The Labute approximate surface area is 391 Å². The van der Waals surface area contributed by atoms with Crippen molar-refractivity contribution in [3.8, 4) is 23.0 Å². The third-order valence-electron chi connectivity index (χ3n) is 12.9. The van der Waals surface area contributed by atoms with Gasteiger partial charge in [0, 0.05) is 46.6 Å². The van der Waals surface area contributed by atoms with Crippen LogP contribution in [0.2, 0.25) is 0 Å². The van der Waals surface area contributed by atoms with Crippen LogP contribution in [0.3, 0.4) is 0 Å². The van der Waals surface area contributed by atoms with Gasteiger partial charge in [-0.15, -0.1) is 0 Å².